The summed E-state index contributed by atoms with van der Waals surface area (Å²) in [6.07, 6.45) is -0.975. The second kappa shape index (κ2) is 21.1. The van der Waals surface area contributed by atoms with Crippen molar-refractivity contribution >= 4 is 11.9 Å². The number of benzene rings is 1. The zero-order chi connectivity index (χ0) is 25.2. The molecule has 0 radical (unpaired) electrons. The topological polar surface area (TPSA) is 101 Å². The van der Waals surface area contributed by atoms with Gasteiger partial charge in [-0.05, 0) is 33.3 Å². The first-order chi connectivity index (χ1) is 16.4. The summed E-state index contributed by atoms with van der Waals surface area (Å²) in [5.41, 5.74) is 1.32. The van der Waals surface area contributed by atoms with Gasteiger partial charge in [0.25, 0.3) is 0 Å². The molecule has 0 saturated carbocycles. The fourth-order valence-electron chi connectivity index (χ4n) is 3.48. The number of rotatable bonds is 14. The van der Waals surface area contributed by atoms with Gasteiger partial charge in [-0.1, -0.05) is 30.3 Å². The van der Waals surface area contributed by atoms with Crippen LogP contribution in [0.15, 0.2) is 30.3 Å². The molecule has 1 heterocycles. The van der Waals surface area contributed by atoms with Crippen LogP contribution in [0.2, 0.25) is 0 Å². The van der Waals surface area contributed by atoms with Gasteiger partial charge in [-0.2, -0.15) is 0 Å². The average molecular weight is 505 g/mol. The Morgan fingerprint density at radius 2 is 1.26 bits per heavy atom. The Kier molecular flexibility index (Phi) is 20.5. The van der Waals surface area contributed by atoms with Crippen LogP contribution in [0.1, 0.15) is 46.1 Å². The third-order valence-corrected chi connectivity index (χ3v) is 5.06. The number of hydrogen-bond donors (Lipinski definition) is 0. The van der Waals surface area contributed by atoms with E-state index in [1.165, 1.54) is 5.56 Å². The Morgan fingerprint density at radius 3 is 1.69 bits per heavy atom. The van der Waals surface area contributed by atoms with Gasteiger partial charge in [0.05, 0.1) is 6.42 Å². The molecule has 1 aromatic carbocycles. The number of aliphatic carboxylic acids is 1. The van der Waals surface area contributed by atoms with Crippen molar-refractivity contribution in [1.29, 1.82) is 0 Å². The first kappa shape index (κ1) is 34.0. The summed E-state index contributed by atoms with van der Waals surface area (Å²) >= 11 is 0. The molecular formula is C25H41N2NaO7. The van der Waals surface area contributed by atoms with Crippen molar-refractivity contribution in [3.05, 3.63) is 35.9 Å². The van der Waals surface area contributed by atoms with Crippen molar-refractivity contribution in [2.75, 3.05) is 52.6 Å². The molecular weight excluding hydrogens is 463 g/mol. The molecule has 1 aliphatic heterocycles. The van der Waals surface area contributed by atoms with Crippen LogP contribution >= 0.6 is 0 Å². The number of hydrogen-bond acceptors (Lipinski definition) is 8. The van der Waals surface area contributed by atoms with Gasteiger partial charge in [0.15, 0.2) is 12.6 Å². The maximum atomic E-state index is 12.4. The van der Waals surface area contributed by atoms with Crippen molar-refractivity contribution in [2.45, 2.75) is 59.7 Å². The van der Waals surface area contributed by atoms with Crippen LogP contribution in [0.25, 0.3) is 0 Å². The maximum Gasteiger partial charge on any atom is 1.00 e. The predicted molar refractivity (Wildman–Crippen MR) is 127 cm³/mol. The molecule has 1 aliphatic rings. The van der Waals surface area contributed by atoms with E-state index in [4.69, 9.17) is 18.9 Å². The molecule has 1 fully saturated rings. The van der Waals surface area contributed by atoms with Gasteiger partial charge in [-0.15, -0.1) is 0 Å². The quantitative estimate of drug-likeness (QED) is 0.227. The molecule has 10 heteroatoms. The SMILES string of the molecule is CCOC(CC(=O)N1CCN(Cc2ccccc2)CC1)OCC.CCOC(CC(=O)[O-])OCC.[Na+]. The number of nitrogens with zero attached hydrogens (tertiary/aromatic N) is 2. The number of carbonyl (C=O) groups excluding carboxylic acids is 2. The fraction of sp³-hybridized carbons (Fsp3) is 0.680. The molecule has 0 bridgehead atoms. The van der Waals surface area contributed by atoms with E-state index in [0.717, 1.165) is 32.7 Å². The average Bonchev–Trinajstić information content (AvgIpc) is 2.81. The van der Waals surface area contributed by atoms with Crippen LogP contribution in [0, 0.1) is 0 Å². The van der Waals surface area contributed by atoms with Crippen LogP contribution < -0.4 is 34.7 Å². The molecule has 1 aromatic rings. The van der Waals surface area contributed by atoms with Gasteiger partial charge in [-0.3, -0.25) is 9.69 Å². The molecule has 2 rings (SSSR count). The Labute approximate surface area is 232 Å². The number of carboxylic acids is 1. The fourth-order valence-corrected chi connectivity index (χ4v) is 3.48. The van der Waals surface area contributed by atoms with E-state index < -0.39 is 18.5 Å². The van der Waals surface area contributed by atoms with Gasteiger partial charge in [0, 0.05) is 71.5 Å². The van der Waals surface area contributed by atoms with Gasteiger partial charge in [0.2, 0.25) is 5.91 Å². The van der Waals surface area contributed by atoms with Gasteiger partial charge in [0.1, 0.15) is 0 Å². The molecule has 0 unspecified atom stereocenters. The summed E-state index contributed by atoms with van der Waals surface area (Å²) in [6, 6.07) is 10.5. The summed E-state index contributed by atoms with van der Waals surface area (Å²) < 4.78 is 20.8. The van der Waals surface area contributed by atoms with E-state index in [-0.39, 0.29) is 41.9 Å². The first-order valence-corrected chi connectivity index (χ1v) is 12.1. The molecule has 35 heavy (non-hydrogen) atoms. The van der Waals surface area contributed by atoms with E-state index in [1.54, 1.807) is 13.8 Å². The van der Waals surface area contributed by atoms with Crippen molar-refractivity contribution in [2.24, 2.45) is 0 Å². The van der Waals surface area contributed by atoms with Crippen molar-refractivity contribution < 1.29 is 63.2 Å². The molecule has 9 nitrogen and oxygen atoms in total. The Hall–Kier alpha value is -1.04. The molecule has 0 atom stereocenters. The third-order valence-electron chi connectivity index (χ3n) is 5.06. The van der Waals surface area contributed by atoms with E-state index in [0.29, 0.717) is 32.8 Å². The van der Waals surface area contributed by atoms with Crippen LogP contribution in [0.3, 0.4) is 0 Å². The molecule has 0 spiro atoms. The van der Waals surface area contributed by atoms with Gasteiger partial charge in [-0.25, -0.2) is 0 Å². The second-order valence-electron chi connectivity index (χ2n) is 7.60. The Bertz CT molecular complexity index is 661. The van der Waals surface area contributed by atoms with E-state index in [1.807, 2.05) is 24.8 Å². The van der Waals surface area contributed by atoms with E-state index >= 15 is 0 Å². The number of ether oxygens (including phenoxy) is 4. The van der Waals surface area contributed by atoms with Crippen LogP contribution in [-0.2, 0) is 35.1 Å². The van der Waals surface area contributed by atoms with Crippen molar-refractivity contribution in [3.8, 4) is 0 Å². The summed E-state index contributed by atoms with van der Waals surface area (Å²) in [5, 5.41) is 10.1. The zero-order valence-electron chi connectivity index (χ0n) is 22.1. The normalized spacial score (nSPS) is 13.8. The third kappa shape index (κ3) is 15.6. The number of piperazine rings is 1. The molecule has 1 amide bonds. The molecule has 0 aliphatic carbocycles. The predicted octanol–water partition coefficient (Wildman–Crippen LogP) is -1.35. The maximum absolute atomic E-state index is 12.4. The minimum Gasteiger partial charge on any atom is -0.550 e. The molecule has 0 N–H and O–H groups in total. The van der Waals surface area contributed by atoms with Crippen LogP contribution in [0.5, 0.6) is 0 Å². The van der Waals surface area contributed by atoms with Crippen LogP contribution in [-0.4, -0.2) is 86.9 Å². The Balaban J connectivity index is 0.000000822. The number of amides is 1. The Morgan fingerprint density at radius 1 is 0.800 bits per heavy atom. The largest absolute Gasteiger partial charge is 1.00 e. The molecule has 194 valence electrons. The standard InChI is InChI=1S/C18H28N2O3.C7H14O4.Na/c1-3-22-18(23-4-2)14-17(21)20-12-10-19(11-13-20)15-16-8-6-5-7-9-16;1-3-10-7(11-4-2)5-6(8)9;/h5-9,18H,3-4,10-15H2,1-2H3;7H,3-5H2,1-2H3,(H,8,9);/q;;+1/p-1. The zero-order valence-corrected chi connectivity index (χ0v) is 24.1. The molecule has 1 saturated heterocycles. The summed E-state index contributed by atoms with van der Waals surface area (Å²) in [7, 11) is 0. The summed E-state index contributed by atoms with van der Waals surface area (Å²) in [5.74, 6) is -1.03. The number of carboxylic acid groups (broad SMARTS) is 1. The molecule has 0 aromatic heterocycles. The first-order valence-electron chi connectivity index (χ1n) is 12.1. The second-order valence-corrected chi connectivity index (χ2v) is 7.60. The summed E-state index contributed by atoms with van der Waals surface area (Å²) in [4.78, 5) is 26.8. The minimum absolute atomic E-state index is 0. The smallest absolute Gasteiger partial charge is 0.550 e. The van der Waals surface area contributed by atoms with Crippen molar-refractivity contribution in [3.63, 3.8) is 0 Å². The van der Waals surface area contributed by atoms with Gasteiger partial charge < -0.3 is 33.7 Å². The summed E-state index contributed by atoms with van der Waals surface area (Å²) in [6.45, 7) is 13.7. The van der Waals surface area contributed by atoms with Gasteiger partial charge >= 0.3 is 29.6 Å². The van der Waals surface area contributed by atoms with E-state index in [2.05, 4.69) is 29.2 Å². The van der Waals surface area contributed by atoms with E-state index in [9.17, 15) is 14.7 Å². The number of carbonyl (C=O) groups is 2. The monoisotopic (exact) mass is 504 g/mol. The minimum atomic E-state index is -1.16. The van der Waals surface area contributed by atoms with Crippen LogP contribution in [0.4, 0.5) is 0 Å². The van der Waals surface area contributed by atoms with Crippen molar-refractivity contribution in [1.82, 2.24) is 9.80 Å².